The van der Waals surface area contributed by atoms with E-state index in [0.29, 0.717) is 30.4 Å². The predicted molar refractivity (Wildman–Crippen MR) is 121 cm³/mol. The van der Waals surface area contributed by atoms with Gasteiger partial charge in [-0.15, -0.1) is 11.3 Å². The van der Waals surface area contributed by atoms with Gasteiger partial charge in [0.15, 0.2) is 0 Å². The third-order valence-electron chi connectivity index (χ3n) is 5.70. The molecule has 0 spiro atoms. The van der Waals surface area contributed by atoms with Crippen molar-refractivity contribution >= 4 is 44.6 Å². The highest BCUT2D eigenvalue weighted by Gasteiger charge is 2.28. The molecular weight excluding hydrogens is 442 g/mol. The van der Waals surface area contributed by atoms with Crippen molar-refractivity contribution in [2.24, 2.45) is 0 Å². The van der Waals surface area contributed by atoms with Crippen molar-refractivity contribution in [1.29, 1.82) is 0 Å². The number of carbonyl (C=O) groups is 1. The molecule has 3 heterocycles. The molecule has 1 aromatic carbocycles. The normalized spacial score (nSPS) is 18.6. The van der Waals surface area contributed by atoms with Gasteiger partial charge in [-0.1, -0.05) is 30.2 Å². The number of halogens is 1. The van der Waals surface area contributed by atoms with Crippen LogP contribution in [0.15, 0.2) is 40.6 Å². The third-order valence-corrected chi connectivity index (χ3v) is 9.47. The highest BCUT2D eigenvalue weighted by atomic mass is 35.5. The van der Waals surface area contributed by atoms with Crippen LogP contribution >= 0.6 is 22.9 Å². The van der Waals surface area contributed by atoms with E-state index in [1.165, 1.54) is 11.3 Å². The smallest absolute Gasteiger partial charge is 0.252 e. The summed E-state index contributed by atoms with van der Waals surface area (Å²) in [5.41, 5.74) is 0.997. The summed E-state index contributed by atoms with van der Waals surface area (Å²) in [4.78, 5) is 17.6. The Bertz CT molecular complexity index is 994. The summed E-state index contributed by atoms with van der Waals surface area (Å²) in [6, 6.07) is 11.2. The zero-order valence-corrected chi connectivity index (χ0v) is 19.2. The van der Waals surface area contributed by atoms with Crippen LogP contribution < -0.4 is 4.90 Å². The average molecular weight is 468 g/mol. The number of sulfonamides is 1. The van der Waals surface area contributed by atoms with Gasteiger partial charge >= 0.3 is 0 Å². The second-order valence-electron chi connectivity index (χ2n) is 7.68. The Balaban J connectivity index is 1.34. The average Bonchev–Trinajstić information content (AvgIpc) is 3.24. The molecule has 2 aromatic rings. The Morgan fingerprint density at radius 1 is 0.933 bits per heavy atom. The van der Waals surface area contributed by atoms with Gasteiger partial charge in [0.25, 0.3) is 10.0 Å². The van der Waals surface area contributed by atoms with E-state index in [4.69, 9.17) is 11.6 Å². The van der Waals surface area contributed by atoms with Gasteiger partial charge < -0.3 is 9.80 Å². The van der Waals surface area contributed by atoms with Crippen LogP contribution in [-0.2, 0) is 21.2 Å². The maximum atomic E-state index is 12.8. The number of anilines is 1. The highest BCUT2D eigenvalue weighted by molar-refractivity contribution is 7.91. The summed E-state index contributed by atoms with van der Waals surface area (Å²) in [6.45, 7) is 3.90. The molecule has 162 valence electrons. The third kappa shape index (κ3) is 4.66. The van der Waals surface area contributed by atoms with Crippen LogP contribution in [0.2, 0.25) is 5.02 Å². The lowest BCUT2D eigenvalue weighted by Gasteiger charge is -2.36. The molecule has 2 saturated heterocycles. The number of piperidine rings is 1. The fraction of sp³-hybridized carbons (Fsp3) is 0.476. The van der Waals surface area contributed by atoms with E-state index in [2.05, 4.69) is 4.90 Å². The summed E-state index contributed by atoms with van der Waals surface area (Å²) in [6.07, 6.45) is 3.15. The van der Waals surface area contributed by atoms with Gasteiger partial charge in [0.05, 0.1) is 17.1 Å². The van der Waals surface area contributed by atoms with Gasteiger partial charge in [0.1, 0.15) is 4.21 Å². The molecule has 0 N–H and O–H groups in total. The van der Waals surface area contributed by atoms with Crippen LogP contribution in [0.3, 0.4) is 0 Å². The molecule has 0 unspecified atom stereocenters. The molecule has 2 aliphatic heterocycles. The van der Waals surface area contributed by atoms with Gasteiger partial charge in [-0.2, -0.15) is 4.31 Å². The molecular formula is C21H26ClN3O3S2. The maximum Gasteiger partial charge on any atom is 0.252 e. The summed E-state index contributed by atoms with van der Waals surface area (Å²) in [5, 5.41) is 0.721. The van der Waals surface area contributed by atoms with Crippen LogP contribution in [0.4, 0.5) is 5.69 Å². The lowest BCUT2D eigenvalue weighted by atomic mass is 10.2. The first-order valence-electron chi connectivity index (χ1n) is 10.3. The number of rotatable bonds is 5. The van der Waals surface area contributed by atoms with Gasteiger partial charge in [-0.3, -0.25) is 4.79 Å². The van der Waals surface area contributed by atoms with Gasteiger partial charge in [-0.25, -0.2) is 8.42 Å². The van der Waals surface area contributed by atoms with E-state index in [1.54, 1.807) is 16.4 Å². The van der Waals surface area contributed by atoms with E-state index in [9.17, 15) is 13.2 Å². The molecule has 2 aliphatic rings. The summed E-state index contributed by atoms with van der Waals surface area (Å²) in [5.74, 6) is 0.0394. The van der Waals surface area contributed by atoms with Crippen molar-refractivity contribution in [2.45, 2.75) is 29.9 Å². The molecule has 0 aliphatic carbocycles. The van der Waals surface area contributed by atoms with Crippen molar-refractivity contribution < 1.29 is 13.2 Å². The Labute approximate surface area is 187 Å². The number of nitrogens with zero attached hydrogens (tertiary/aromatic N) is 3. The number of para-hydroxylation sites is 1. The van der Waals surface area contributed by atoms with Gasteiger partial charge in [0, 0.05) is 44.1 Å². The summed E-state index contributed by atoms with van der Waals surface area (Å²) < 4.78 is 27.5. The zero-order chi connectivity index (χ0) is 21.1. The number of hydrogen-bond acceptors (Lipinski definition) is 5. The fourth-order valence-corrected chi connectivity index (χ4v) is 7.26. The Kier molecular flexibility index (Phi) is 6.67. The quantitative estimate of drug-likeness (QED) is 0.675. The first-order chi connectivity index (χ1) is 14.4. The number of benzene rings is 1. The molecule has 0 radical (unpaired) electrons. The van der Waals surface area contributed by atoms with Gasteiger partial charge in [0.2, 0.25) is 5.91 Å². The maximum absolute atomic E-state index is 12.8. The minimum atomic E-state index is -3.44. The molecule has 0 saturated carbocycles. The second-order valence-corrected chi connectivity index (χ2v) is 11.4. The van der Waals surface area contributed by atoms with E-state index in [-0.39, 0.29) is 12.3 Å². The van der Waals surface area contributed by atoms with Crippen LogP contribution in [0, 0.1) is 0 Å². The number of hydrogen-bond donors (Lipinski definition) is 0. The second kappa shape index (κ2) is 9.26. The Hall–Kier alpha value is -1.61. The SMILES string of the molecule is O=C(Cc1ccc(S(=O)(=O)N2CCCCC2)s1)N1CCN(c2ccccc2Cl)CC1. The fourth-order valence-electron chi connectivity index (χ4n) is 3.99. The van der Waals surface area contributed by atoms with Crippen LogP contribution in [0.5, 0.6) is 0 Å². The molecule has 1 aromatic heterocycles. The van der Waals surface area contributed by atoms with Crippen molar-refractivity contribution in [3.05, 3.63) is 46.3 Å². The van der Waals surface area contributed by atoms with E-state index in [1.807, 2.05) is 29.2 Å². The predicted octanol–water partition coefficient (Wildman–Crippen LogP) is 3.47. The molecule has 0 atom stereocenters. The minimum absolute atomic E-state index is 0.0394. The van der Waals surface area contributed by atoms with Crippen molar-refractivity contribution in [3.63, 3.8) is 0 Å². The van der Waals surface area contributed by atoms with Crippen LogP contribution in [-0.4, -0.2) is 62.8 Å². The lowest BCUT2D eigenvalue weighted by molar-refractivity contribution is -0.130. The molecule has 2 fully saturated rings. The number of thiophene rings is 1. The number of amides is 1. The minimum Gasteiger partial charge on any atom is -0.367 e. The zero-order valence-electron chi connectivity index (χ0n) is 16.8. The van der Waals surface area contributed by atoms with E-state index < -0.39 is 10.0 Å². The summed E-state index contributed by atoms with van der Waals surface area (Å²) in [7, 11) is -3.44. The van der Waals surface area contributed by atoms with Gasteiger partial charge in [-0.05, 0) is 37.1 Å². The molecule has 4 rings (SSSR count). The highest BCUT2D eigenvalue weighted by Crippen LogP contribution is 2.28. The molecule has 9 heteroatoms. The first kappa shape index (κ1) is 21.6. The number of carbonyl (C=O) groups excluding carboxylic acids is 1. The van der Waals surface area contributed by atoms with E-state index >= 15 is 0 Å². The molecule has 6 nitrogen and oxygen atoms in total. The standard InChI is InChI=1S/C21H26ClN3O3S2/c22-18-6-2-3-7-19(18)23-12-14-24(15-13-23)20(26)16-17-8-9-21(29-17)30(27,28)25-10-4-1-5-11-25/h2-3,6-9H,1,4-5,10-16H2. The number of piperazine rings is 1. The lowest BCUT2D eigenvalue weighted by Crippen LogP contribution is -2.49. The van der Waals surface area contributed by atoms with Crippen LogP contribution in [0.1, 0.15) is 24.1 Å². The Morgan fingerprint density at radius 3 is 2.33 bits per heavy atom. The molecule has 0 bridgehead atoms. The molecule has 30 heavy (non-hydrogen) atoms. The monoisotopic (exact) mass is 467 g/mol. The van der Waals surface area contributed by atoms with Crippen molar-refractivity contribution in [1.82, 2.24) is 9.21 Å². The topological polar surface area (TPSA) is 60.9 Å². The molecule has 1 amide bonds. The first-order valence-corrected chi connectivity index (χ1v) is 12.9. The van der Waals surface area contributed by atoms with Crippen LogP contribution in [0.25, 0.3) is 0 Å². The van der Waals surface area contributed by atoms with E-state index in [0.717, 1.165) is 47.9 Å². The van der Waals surface area contributed by atoms with Crippen molar-refractivity contribution in [3.8, 4) is 0 Å². The summed E-state index contributed by atoms with van der Waals surface area (Å²) >= 11 is 7.51. The largest absolute Gasteiger partial charge is 0.367 e. The Morgan fingerprint density at radius 2 is 1.63 bits per heavy atom. The van der Waals surface area contributed by atoms with Crippen molar-refractivity contribution in [2.75, 3.05) is 44.2 Å².